The van der Waals surface area contributed by atoms with E-state index in [0.29, 0.717) is 32.6 Å². The Morgan fingerprint density at radius 1 is 0.960 bits per heavy atom. The third-order valence-electron chi connectivity index (χ3n) is 4.27. The third kappa shape index (κ3) is 4.25. The van der Waals surface area contributed by atoms with E-state index in [1.807, 2.05) is 24.3 Å². The van der Waals surface area contributed by atoms with Crippen LogP contribution < -0.4 is 0 Å². The lowest BCUT2D eigenvalue weighted by molar-refractivity contribution is -0.131. The van der Waals surface area contributed by atoms with E-state index in [9.17, 15) is 14.0 Å². The lowest BCUT2D eigenvalue weighted by Gasteiger charge is -2.35. The fourth-order valence-corrected chi connectivity index (χ4v) is 3.34. The predicted octanol–water partition coefficient (Wildman–Crippen LogP) is 3.12. The number of piperazine rings is 1. The molecule has 3 rings (SSSR count). The fraction of sp³-hybridized carbons (Fsp3) is 0.263. The molecule has 2 amide bonds. The standard InChI is InChI=1S/C19H18BrFN2O2/c20-15-5-3-4-14(12-15)13-18(24)22-8-10-23(11-9-22)19(25)16-6-1-2-7-17(16)21/h1-7,12H,8-11,13H2. The maximum Gasteiger partial charge on any atom is 0.256 e. The Labute approximate surface area is 154 Å². The Hall–Kier alpha value is -2.21. The molecule has 1 aliphatic rings. The van der Waals surface area contributed by atoms with Gasteiger partial charge in [-0.3, -0.25) is 9.59 Å². The molecule has 1 saturated heterocycles. The number of amides is 2. The van der Waals surface area contributed by atoms with Gasteiger partial charge >= 0.3 is 0 Å². The maximum absolute atomic E-state index is 13.8. The van der Waals surface area contributed by atoms with Crippen LogP contribution >= 0.6 is 15.9 Å². The number of hydrogen-bond donors (Lipinski definition) is 0. The van der Waals surface area contributed by atoms with Crippen molar-refractivity contribution in [3.05, 3.63) is 69.9 Å². The molecule has 6 heteroatoms. The quantitative estimate of drug-likeness (QED) is 0.788. The van der Waals surface area contributed by atoms with Crippen molar-refractivity contribution in [1.29, 1.82) is 0 Å². The van der Waals surface area contributed by atoms with Crippen LogP contribution in [0.25, 0.3) is 0 Å². The van der Waals surface area contributed by atoms with Gasteiger partial charge in [-0.25, -0.2) is 4.39 Å². The molecule has 4 nitrogen and oxygen atoms in total. The Morgan fingerprint density at radius 3 is 2.32 bits per heavy atom. The van der Waals surface area contributed by atoms with Crippen LogP contribution in [0.3, 0.4) is 0 Å². The highest BCUT2D eigenvalue weighted by Gasteiger charge is 2.26. The fourth-order valence-electron chi connectivity index (χ4n) is 2.90. The summed E-state index contributed by atoms with van der Waals surface area (Å²) in [6.07, 6.45) is 0.334. The van der Waals surface area contributed by atoms with E-state index in [1.54, 1.807) is 21.9 Å². The monoisotopic (exact) mass is 404 g/mol. The van der Waals surface area contributed by atoms with E-state index < -0.39 is 5.82 Å². The van der Waals surface area contributed by atoms with E-state index in [1.165, 1.54) is 12.1 Å². The molecule has 0 atom stereocenters. The maximum atomic E-state index is 13.8. The summed E-state index contributed by atoms with van der Waals surface area (Å²) >= 11 is 3.40. The molecule has 0 unspecified atom stereocenters. The SMILES string of the molecule is O=C(Cc1cccc(Br)c1)N1CCN(C(=O)c2ccccc2F)CC1. The molecular weight excluding hydrogens is 387 g/mol. The van der Waals surface area contributed by atoms with Crippen LogP contribution in [-0.4, -0.2) is 47.8 Å². The molecule has 0 bridgehead atoms. The van der Waals surface area contributed by atoms with Gasteiger partial charge in [-0.1, -0.05) is 40.2 Å². The summed E-state index contributed by atoms with van der Waals surface area (Å²) in [6.45, 7) is 1.76. The molecule has 2 aromatic rings. The second-order valence-corrected chi connectivity index (χ2v) is 6.88. The van der Waals surface area contributed by atoms with Crippen molar-refractivity contribution in [2.75, 3.05) is 26.2 Å². The lowest BCUT2D eigenvalue weighted by atomic mass is 10.1. The van der Waals surface area contributed by atoms with Gasteiger partial charge in [0.05, 0.1) is 12.0 Å². The highest BCUT2D eigenvalue weighted by atomic mass is 79.9. The molecule has 1 fully saturated rings. The molecule has 1 heterocycles. The predicted molar refractivity (Wildman–Crippen MR) is 96.7 cm³/mol. The summed E-state index contributed by atoms with van der Waals surface area (Å²) in [5, 5.41) is 0. The first-order valence-electron chi connectivity index (χ1n) is 8.10. The van der Waals surface area contributed by atoms with E-state index in [2.05, 4.69) is 15.9 Å². The van der Waals surface area contributed by atoms with Crippen molar-refractivity contribution in [1.82, 2.24) is 9.80 Å². The summed E-state index contributed by atoms with van der Waals surface area (Å²) in [5.41, 5.74) is 1.03. The second-order valence-electron chi connectivity index (χ2n) is 5.96. The highest BCUT2D eigenvalue weighted by Crippen LogP contribution is 2.15. The number of benzene rings is 2. The van der Waals surface area contributed by atoms with Gasteiger partial charge in [0.15, 0.2) is 0 Å². The van der Waals surface area contributed by atoms with Crippen LogP contribution in [0.2, 0.25) is 0 Å². The van der Waals surface area contributed by atoms with E-state index in [0.717, 1.165) is 10.0 Å². The zero-order valence-corrected chi connectivity index (χ0v) is 15.2. The molecule has 1 aliphatic heterocycles. The Kier molecular flexibility index (Phi) is 5.48. The molecule has 0 aromatic heterocycles. The molecule has 0 spiro atoms. The average molecular weight is 405 g/mol. The summed E-state index contributed by atoms with van der Waals surface area (Å²) in [7, 11) is 0. The van der Waals surface area contributed by atoms with Crippen LogP contribution in [0, 0.1) is 5.82 Å². The minimum Gasteiger partial charge on any atom is -0.339 e. The van der Waals surface area contributed by atoms with Crippen LogP contribution in [0.15, 0.2) is 53.0 Å². The molecule has 0 N–H and O–H groups in total. The van der Waals surface area contributed by atoms with Crippen molar-refractivity contribution in [3.8, 4) is 0 Å². The zero-order chi connectivity index (χ0) is 17.8. The van der Waals surface area contributed by atoms with Gasteiger partial charge < -0.3 is 9.80 Å². The number of carbonyl (C=O) groups excluding carboxylic acids is 2. The first-order valence-corrected chi connectivity index (χ1v) is 8.90. The first kappa shape index (κ1) is 17.6. The van der Waals surface area contributed by atoms with Crippen molar-refractivity contribution < 1.29 is 14.0 Å². The van der Waals surface area contributed by atoms with E-state index in [-0.39, 0.29) is 17.4 Å². The van der Waals surface area contributed by atoms with Crippen LogP contribution in [0.4, 0.5) is 4.39 Å². The smallest absolute Gasteiger partial charge is 0.256 e. The van der Waals surface area contributed by atoms with Gasteiger partial charge in [-0.05, 0) is 29.8 Å². The molecule has 130 valence electrons. The van der Waals surface area contributed by atoms with Crippen molar-refractivity contribution in [2.45, 2.75) is 6.42 Å². The third-order valence-corrected chi connectivity index (χ3v) is 4.76. The van der Waals surface area contributed by atoms with E-state index >= 15 is 0 Å². The first-order chi connectivity index (χ1) is 12.0. The minimum absolute atomic E-state index is 0.0380. The van der Waals surface area contributed by atoms with E-state index in [4.69, 9.17) is 0 Å². The van der Waals surface area contributed by atoms with Crippen LogP contribution in [0.1, 0.15) is 15.9 Å². The molecular formula is C19H18BrFN2O2. The van der Waals surface area contributed by atoms with Gasteiger partial charge in [0.25, 0.3) is 5.91 Å². The van der Waals surface area contributed by atoms with Gasteiger partial charge in [0, 0.05) is 30.7 Å². The highest BCUT2D eigenvalue weighted by molar-refractivity contribution is 9.10. The molecule has 2 aromatic carbocycles. The number of nitrogens with zero attached hydrogens (tertiary/aromatic N) is 2. The molecule has 25 heavy (non-hydrogen) atoms. The van der Waals surface area contributed by atoms with Gasteiger partial charge in [-0.2, -0.15) is 0 Å². The summed E-state index contributed by atoms with van der Waals surface area (Å²) in [6, 6.07) is 13.6. The normalized spacial score (nSPS) is 14.5. The Bertz CT molecular complexity index is 788. The lowest BCUT2D eigenvalue weighted by Crippen LogP contribution is -2.51. The Morgan fingerprint density at radius 2 is 1.64 bits per heavy atom. The zero-order valence-electron chi connectivity index (χ0n) is 13.6. The largest absolute Gasteiger partial charge is 0.339 e. The topological polar surface area (TPSA) is 40.6 Å². The second kappa shape index (κ2) is 7.78. The minimum atomic E-state index is -0.513. The number of carbonyl (C=O) groups is 2. The van der Waals surface area contributed by atoms with Crippen LogP contribution in [-0.2, 0) is 11.2 Å². The molecule has 0 aliphatic carbocycles. The van der Waals surface area contributed by atoms with Crippen molar-refractivity contribution in [3.63, 3.8) is 0 Å². The molecule has 0 radical (unpaired) electrons. The summed E-state index contributed by atoms with van der Waals surface area (Å²) in [4.78, 5) is 28.2. The van der Waals surface area contributed by atoms with Gasteiger partial charge in [0.2, 0.25) is 5.91 Å². The van der Waals surface area contributed by atoms with Gasteiger partial charge in [0.1, 0.15) is 5.82 Å². The number of halogens is 2. The average Bonchev–Trinajstić information content (AvgIpc) is 2.62. The number of rotatable bonds is 3. The van der Waals surface area contributed by atoms with Gasteiger partial charge in [-0.15, -0.1) is 0 Å². The van der Waals surface area contributed by atoms with Crippen molar-refractivity contribution in [2.24, 2.45) is 0 Å². The van der Waals surface area contributed by atoms with Crippen LogP contribution in [0.5, 0.6) is 0 Å². The summed E-state index contributed by atoms with van der Waals surface area (Å²) < 4.78 is 14.7. The van der Waals surface area contributed by atoms with Crippen molar-refractivity contribution >= 4 is 27.7 Å². The molecule has 0 saturated carbocycles. The summed E-state index contributed by atoms with van der Waals surface area (Å²) in [5.74, 6) is -0.797. The Balaban J connectivity index is 1.57. The number of hydrogen-bond acceptors (Lipinski definition) is 2.